The molecule has 19 heavy (non-hydrogen) atoms. The smallest absolute Gasteiger partial charge is 0.104 e. The molecule has 1 aromatic heterocycles. The van der Waals surface area contributed by atoms with Gasteiger partial charge < -0.3 is 10.2 Å². The molecule has 2 heterocycles. The van der Waals surface area contributed by atoms with Crippen LogP contribution in [-0.4, -0.2) is 40.4 Å². The third-order valence-electron chi connectivity index (χ3n) is 3.49. The van der Waals surface area contributed by atoms with Crippen molar-refractivity contribution < 1.29 is 10.2 Å². The van der Waals surface area contributed by atoms with Crippen molar-refractivity contribution in [3.8, 4) is 11.8 Å². The van der Waals surface area contributed by atoms with Crippen LogP contribution in [0.15, 0.2) is 12.1 Å². The number of aliphatic hydroxyl groups excluding tert-OH is 1. The third-order valence-corrected chi connectivity index (χ3v) is 4.47. The minimum Gasteiger partial charge on any atom is -0.390 e. The van der Waals surface area contributed by atoms with Crippen LogP contribution in [0.1, 0.15) is 35.9 Å². The topological polar surface area (TPSA) is 43.7 Å². The van der Waals surface area contributed by atoms with Gasteiger partial charge in [0.05, 0.1) is 10.5 Å². The predicted octanol–water partition coefficient (Wildman–Crippen LogP) is 1.83. The van der Waals surface area contributed by atoms with Crippen LogP contribution in [0.3, 0.4) is 0 Å². The van der Waals surface area contributed by atoms with Crippen LogP contribution in [0, 0.1) is 11.8 Å². The lowest BCUT2D eigenvalue weighted by Gasteiger charge is -2.21. The van der Waals surface area contributed by atoms with Crippen LogP contribution >= 0.6 is 11.3 Å². The summed E-state index contributed by atoms with van der Waals surface area (Å²) >= 11 is 1.68. The number of thiophene rings is 1. The predicted molar refractivity (Wildman–Crippen MR) is 78.0 cm³/mol. The number of nitrogens with zero attached hydrogens (tertiary/aromatic N) is 1. The van der Waals surface area contributed by atoms with Gasteiger partial charge in [-0.2, -0.15) is 0 Å². The van der Waals surface area contributed by atoms with E-state index in [1.54, 1.807) is 11.3 Å². The average Bonchev–Trinajstić information content (AvgIpc) is 2.73. The summed E-state index contributed by atoms with van der Waals surface area (Å²) in [6, 6.07) is 4.12. The van der Waals surface area contributed by atoms with Gasteiger partial charge in [-0.1, -0.05) is 11.8 Å². The van der Waals surface area contributed by atoms with Crippen molar-refractivity contribution in [2.24, 2.45) is 0 Å². The molecule has 0 saturated carbocycles. The molecule has 4 heteroatoms. The molecule has 1 aromatic rings. The molecule has 1 unspecified atom stereocenters. The summed E-state index contributed by atoms with van der Waals surface area (Å²) in [5, 5.41) is 18.7. The molecule has 0 aliphatic carbocycles. The number of likely N-dealkylation sites (tertiary alicyclic amines) is 1. The quantitative estimate of drug-likeness (QED) is 0.812. The van der Waals surface area contributed by atoms with Gasteiger partial charge in [-0.25, -0.2) is 0 Å². The van der Waals surface area contributed by atoms with Gasteiger partial charge in [0.1, 0.15) is 6.61 Å². The number of hydrogen-bond acceptors (Lipinski definition) is 4. The molecule has 1 fully saturated rings. The van der Waals surface area contributed by atoms with Crippen molar-refractivity contribution in [1.29, 1.82) is 0 Å². The molecule has 0 spiro atoms. The summed E-state index contributed by atoms with van der Waals surface area (Å²) in [5.74, 6) is 5.61. The standard InChI is InChI=1S/C15H21NO2S/c1-15(18)7-3-9-16(10-8-15)12-14-6-5-13(19-14)4-2-11-17/h5-6,17-18H,3,7-12H2,1H3. The van der Waals surface area contributed by atoms with E-state index < -0.39 is 5.60 Å². The molecule has 1 aliphatic heterocycles. The zero-order valence-corrected chi connectivity index (χ0v) is 12.2. The zero-order chi connectivity index (χ0) is 13.7. The van der Waals surface area contributed by atoms with Crippen LogP contribution in [-0.2, 0) is 6.54 Å². The molecular weight excluding hydrogens is 258 g/mol. The molecule has 0 radical (unpaired) electrons. The number of aliphatic hydroxyl groups is 2. The van der Waals surface area contributed by atoms with Crippen molar-refractivity contribution >= 4 is 11.3 Å². The molecule has 0 aromatic carbocycles. The van der Waals surface area contributed by atoms with E-state index in [9.17, 15) is 5.11 Å². The Morgan fingerprint density at radius 2 is 2.21 bits per heavy atom. The van der Waals surface area contributed by atoms with Crippen LogP contribution < -0.4 is 0 Å². The van der Waals surface area contributed by atoms with E-state index in [4.69, 9.17) is 5.11 Å². The Kier molecular flexibility index (Phi) is 5.00. The first-order valence-electron chi connectivity index (χ1n) is 6.72. The molecule has 104 valence electrons. The van der Waals surface area contributed by atoms with Gasteiger partial charge in [-0.05, 0) is 44.9 Å². The molecule has 1 atom stereocenters. The molecule has 1 aliphatic rings. The maximum Gasteiger partial charge on any atom is 0.104 e. The van der Waals surface area contributed by atoms with Crippen LogP contribution in [0.25, 0.3) is 0 Å². The lowest BCUT2D eigenvalue weighted by atomic mass is 9.98. The monoisotopic (exact) mass is 279 g/mol. The molecule has 0 amide bonds. The van der Waals surface area contributed by atoms with Crippen molar-refractivity contribution in [3.63, 3.8) is 0 Å². The lowest BCUT2D eigenvalue weighted by molar-refractivity contribution is 0.0444. The average molecular weight is 279 g/mol. The molecular formula is C15H21NO2S. The van der Waals surface area contributed by atoms with Crippen molar-refractivity contribution in [2.75, 3.05) is 19.7 Å². The maximum absolute atomic E-state index is 10.1. The fourth-order valence-corrected chi connectivity index (χ4v) is 3.28. The fraction of sp³-hybridized carbons (Fsp3) is 0.600. The summed E-state index contributed by atoms with van der Waals surface area (Å²) in [4.78, 5) is 4.70. The van der Waals surface area contributed by atoms with Gasteiger partial charge in [0, 0.05) is 18.0 Å². The maximum atomic E-state index is 10.1. The molecule has 3 nitrogen and oxygen atoms in total. The Labute approximate surface area is 118 Å². The normalized spacial score (nSPS) is 24.6. The van der Waals surface area contributed by atoms with E-state index in [1.165, 1.54) is 4.88 Å². The van der Waals surface area contributed by atoms with Crippen molar-refractivity contribution in [1.82, 2.24) is 4.90 Å². The fourth-order valence-electron chi connectivity index (χ4n) is 2.35. The number of rotatable bonds is 2. The second-order valence-corrected chi connectivity index (χ2v) is 6.52. The molecule has 2 rings (SSSR count). The largest absolute Gasteiger partial charge is 0.390 e. The Morgan fingerprint density at radius 3 is 3.00 bits per heavy atom. The Morgan fingerprint density at radius 1 is 1.37 bits per heavy atom. The van der Waals surface area contributed by atoms with Crippen LogP contribution in [0.2, 0.25) is 0 Å². The van der Waals surface area contributed by atoms with E-state index in [0.717, 1.165) is 43.8 Å². The van der Waals surface area contributed by atoms with E-state index in [1.807, 2.05) is 13.0 Å². The van der Waals surface area contributed by atoms with Crippen LogP contribution in [0.4, 0.5) is 0 Å². The Hall–Kier alpha value is -0.860. The van der Waals surface area contributed by atoms with E-state index in [-0.39, 0.29) is 6.61 Å². The van der Waals surface area contributed by atoms with Gasteiger partial charge in [0.15, 0.2) is 0 Å². The third kappa shape index (κ3) is 4.63. The minimum absolute atomic E-state index is 0.0888. The van der Waals surface area contributed by atoms with Gasteiger partial charge in [0.2, 0.25) is 0 Å². The summed E-state index contributed by atoms with van der Waals surface area (Å²) < 4.78 is 0. The van der Waals surface area contributed by atoms with Gasteiger partial charge >= 0.3 is 0 Å². The first kappa shape index (κ1) is 14.5. The molecule has 0 bridgehead atoms. The number of hydrogen-bond donors (Lipinski definition) is 2. The lowest BCUT2D eigenvalue weighted by Crippen LogP contribution is -2.27. The van der Waals surface area contributed by atoms with Gasteiger partial charge in [0.25, 0.3) is 0 Å². The highest BCUT2D eigenvalue weighted by molar-refractivity contribution is 7.12. The summed E-state index contributed by atoms with van der Waals surface area (Å²) in [7, 11) is 0. The second-order valence-electron chi connectivity index (χ2n) is 5.35. The van der Waals surface area contributed by atoms with Crippen molar-refractivity contribution in [3.05, 3.63) is 21.9 Å². The summed E-state index contributed by atoms with van der Waals surface area (Å²) in [6.07, 6.45) is 2.78. The van der Waals surface area contributed by atoms with E-state index in [0.29, 0.717) is 0 Å². The Balaban J connectivity index is 1.92. The Bertz CT molecular complexity index is 470. The van der Waals surface area contributed by atoms with Gasteiger partial charge in [-0.15, -0.1) is 11.3 Å². The van der Waals surface area contributed by atoms with E-state index >= 15 is 0 Å². The van der Waals surface area contributed by atoms with Crippen molar-refractivity contribution in [2.45, 2.75) is 38.3 Å². The van der Waals surface area contributed by atoms with Crippen LogP contribution in [0.5, 0.6) is 0 Å². The van der Waals surface area contributed by atoms with E-state index in [2.05, 4.69) is 22.8 Å². The molecule has 2 N–H and O–H groups in total. The SMILES string of the molecule is CC1(O)CCCN(Cc2ccc(C#CCO)s2)CC1. The zero-order valence-electron chi connectivity index (χ0n) is 11.4. The summed E-state index contributed by atoms with van der Waals surface area (Å²) in [5.41, 5.74) is -0.498. The first-order chi connectivity index (χ1) is 9.09. The van der Waals surface area contributed by atoms with Gasteiger partial charge in [-0.3, -0.25) is 4.90 Å². The highest BCUT2D eigenvalue weighted by Gasteiger charge is 2.24. The highest BCUT2D eigenvalue weighted by Crippen LogP contribution is 2.24. The molecule has 1 saturated heterocycles. The minimum atomic E-state index is -0.498. The highest BCUT2D eigenvalue weighted by atomic mass is 32.1. The first-order valence-corrected chi connectivity index (χ1v) is 7.54. The second kappa shape index (κ2) is 6.53. The summed E-state index contributed by atoms with van der Waals surface area (Å²) in [6.45, 7) is 4.77.